The van der Waals surface area contributed by atoms with E-state index in [1.54, 1.807) is 0 Å². The second kappa shape index (κ2) is 4.12. The highest BCUT2D eigenvalue weighted by atomic mass is 32.2. The van der Waals surface area contributed by atoms with E-state index in [-0.39, 0.29) is 18.0 Å². The predicted molar refractivity (Wildman–Crippen MR) is 55.8 cm³/mol. The second-order valence-corrected chi connectivity index (χ2v) is 5.70. The maximum Gasteiger partial charge on any atom is 0.243 e. The van der Waals surface area contributed by atoms with Crippen LogP contribution in [-0.4, -0.2) is 37.0 Å². The number of sulfonamides is 1. The molecule has 1 heterocycles. The summed E-state index contributed by atoms with van der Waals surface area (Å²) >= 11 is 0. The zero-order valence-corrected chi connectivity index (χ0v) is 9.32. The lowest BCUT2D eigenvalue weighted by Crippen LogP contribution is -2.29. The first-order valence-corrected chi connectivity index (χ1v) is 6.38. The lowest BCUT2D eigenvalue weighted by Gasteiger charge is -2.15. The molecule has 1 aliphatic rings. The van der Waals surface area contributed by atoms with Crippen molar-refractivity contribution in [3.05, 3.63) is 30.1 Å². The molecule has 1 aliphatic heterocycles. The average Bonchev–Trinajstić information content (AvgIpc) is 2.65. The first-order chi connectivity index (χ1) is 7.50. The van der Waals surface area contributed by atoms with Crippen molar-refractivity contribution in [2.24, 2.45) is 0 Å². The molecule has 2 rings (SSSR count). The Kier molecular flexibility index (Phi) is 2.96. The third-order valence-electron chi connectivity index (χ3n) is 2.56. The van der Waals surface area contributed by atoms with E-state index in [9.17, 15) is 17.9 Å². The number of aliphatic hydroxyl groups is 1. The van der Waals surface area contributed by atoms with Gasteiger partial charge in [-0.1, -0.05) is 6.07 Å². The van der Waals surface area contributed by atoms with Gasteiger partial charge < -0.3 is 5.11 Å². The molecule has 0 aromatic heterocycles. The molecular formula is C10H12FNO3S. The van der Waals surface area contributed by atoms with Gasteiger partial charge in [0.05, 0.1) is 11.0 Å². The van der Waals surface area contributed by atoms with E-state index >= 15 is 0 Å². The number of hydrogen-bond acceptors (Lipinski definition) is 3. The van der Waals surface area contributed by atoms with Gasteiger partial charge in [0, 0.05) is 13.1 Å². The van der Waals surface area contributed by atoms with Crippen LogP contribution < -0.4 is 0 Å². The zero-order valence-electron chi connectivity index (χ0n) is 8.51. The van der Waals surface area contributed by atoms with Crippen LogP contribution >= 0.6 is 0 Å². The molecular weight excluding hydrogens is 233 g/mol. The Morgan fingerprint density at radius 3 is 2.75 bits per heavy atom. The van der Waals surface area contributed by atoms with Gasteiger partial charge in [-0.25, -0.2) is 12.8 Å². The van der Waals surface area contributed by atoms with E-state index < -0.39 is 21.9 Å². The normalized spacial score (nSPS) is 22.5. The van der Waals surface area contributed by atoms with Crippen molar-refractivity contribution in [1.82, 2.24) is 4.31 Å². The fourth-order valence-electron chi connectivity index (χ4n) is 1.71. The lowest BCUT2D eigenvalue weighted by atomic mass is 10.3. The summed E-state index contributed by atoms with van der Waals surface area (Å²) in [5, 5.41) is 9.28. The van der Waals surface area contributed by atoms with E-state index in [0.717, 1.165) is 6.07 Å². The second-order valence-electron chi connectivity index (χ2n) is 3.76. The van der Waals surface area contributed by atoms with Crippen molar-refractivity contribution >= 4 is 10.0 Å². The molecule has 0 radical (unpaired) electrons. The predicted octanol–water partition coefficient (Wildman–Crippen LogP) is 0.581. The van der Waals surface area contributed by atoms with E-state index in [2.05, 4.69) is 0 Å². The minimum atomic E-state index is -3.66. The molecule has 1 aromatic rings. The monoisotopic (exact) mass is 245 g/mol. The molecule has 1 aromatic carbocycles. The molecule has 88 valence electrons. The van der Waals surface area contributed by atoms with Gasteiger partial charge >= 0.3 is 0 Å². The van der Waals surface area contributed by atoms with Crippen LogP contribution in [0.15, 0.2) is 29.2 Å². The molecule has 6 heteroatoms. The van der Waals surface area contributed by atoms with Gasteiger partial charge in [-0.15, -0.1) is 0 Å². The van der Waals surface area contributed by atoms with E-state index in [0.29, 0.717) is 6.42 Å². The van der Waals surface area contributed by atoms with Crippen LogP contribution in [-0.2, 0) is 10.0 Å². The molecule has 1 atom stereocenters. The summed E-state index contributed by atoms with van der Waals surface area (Å²) in [6.45, 7) is 0.360. The molecule has 16 heavy (non-hydrogen) atoms. The summed E-state index contributed by atoms with van der Waals surface area (Å²) < 4.78 is 38.1. The zero-order chi connectivity index (χ0) is 11.8. The molecule has 1 fully saturated rings. The molecule has 0 saturated carbocycles. The average molecular weight is 245 g/mol. The molecule has 0 unspecified atom stereocenters. The summed E-state index contributed by atoms with van der Waals surface area (Å²) in [7, 11) is -3.66. The van der Waals surface area contributed by atoms with Gasteiger partial charge in [-0.05, 0) is 24.6 Å². The highest BCUT2D eigenvalue weighted by molar-refractivity contribution is 7.89. The van der Waals surface area contributed by atoms with Crippen molar-refractivity contribution < 1.29 is 17.9 Å². The topological polar surface area (TPSA) is 57.6 Å². The summed E-state index contributed by atoms with van der Waals surface area (Å²) in [5.74, 6) is -0.583. The Labute approximate surface area is 93.4 Å². The number of rotatable bonds is 2. The Hall–Kier alpha value is -0.980. The third kappa shape index (κ3) is 2.09. The number of hydrogen-bond donors (Lipinski definition) is 1. The summed E-state index contributed by atoms with van der Waals surface area (Å²) in [6.07, 6.45) is -0.197. The largest absolute Gasteiger partial charge is 0.392 e. The van der Waals surface area contributed by atoms with Crippen molar-refractivity contribution in [3.8, 4) is 0 Å². The fraction of sp³-hybridized carbons (Fsp3) is 0.400. The van der Waals surface area contributed by atoms with E-state index in [4.69, 9.17) is 0 Å². The van der Waals surface area contributed by atoms with E-state index in [1.165, 1.54) is 22.5 Å². The Balaban J connectivity index is 2.32. The van der Waals surface area contributed by atoms with Crippen LogP contribution in [0.25, 0.3) is 0 Å². The molecule has 0 aliphatic carbocycles. The SMILES string of the molecule is O=S(=O)(c1cccc(F)c1)N1CC[C@H](O)C1. The van der Waals surface area contributed by atoms with Gasteiger partial charge in [-0.3, -0.25) is 0 Å². The Morgan fingerprint density at radius 2 is 2.19 bits per heavy atom. The quantitative estimate of drug-likeness (QED) is 0.829. The van der Waals surface area contributed by atoms with Gasteiger partial charge in [0.25, 0.3) is 0 Å². The first kappa shape index (κ1) is 11.5. The van der Waals surface area contributed by atoms with E-state index in [1.807, 2.05) is 0 Å². The Bertz CT molecular complexity index is 489. The number of benzene rings is 1. The molecule has 0 spiro atoms. The van der Waals surface area contributed by atoms with Crippen LogP contribution in [0.5, 0.6) is 0 Å². The minimum Gasteiger partial charge on any atom is -0.392 e. The summed E-state index contributed by atoms with van der Waals surface area (Å²) in [5.41, 5.74) is 0. The highest BCUT2D eigenvalue weighted by Crippen LogP contribution is 2.21. The molecule has 0 amide bonds. The molecule has 1 saturated heterocycles. The van der Waals surface area contributed by atoms with Crippen LogP contribution in [0.2, 0.25) is 0 Å². The number of halogens is 1. The lowest BCUT2D eigenvalue weighted by molar-refractivity contribution is 0.189. The van der Waals surface area contributed by atoms with Crippen molar-refractivity contribution in [2.45, 2.75) is 17.4 Å². The van der Waals surface area contributed by atoms with Crippen LogP contribution in [0.4, 0.5) is 4.39 Å². The molecule has 4 nitrogen and oxygen atoms in total. The molecule has 1 N–H and O–H groups in total. The van der Waals surface area contributed by atoms with Crippen molar-refractivity contribution in [2.75, 3.05) is 13.1 Å². The standard InChI is InChI=1S/C10H12FNO3S/c11-8-2-1-3-10(6-8)16(14,15)12-5-4-9(13)7-12/h1-3,6,9,13H,4-5,7H2/t9-/m0/s1. The minimum absolute atomic E-state index is 0.0680. The maximum atomic E-state index is 12.9. The van der Waals surface area contributed by atoms with Crippen molar-refractivity contribution in [1.29, 1.82) is 0 Å². The molecule has 0 bridgehead atoms. The smallest absolute Gasteiger partial charge is 0.243 e. The van der Waals surface area contributed by atoms with Crippen LogP contribution in [0.3, 0.4) is 0 Å². The van der Waals surface area contributed by atoms with Crippen LogP contribution in [0.1, 0.15) is 6.42 Å². The van der Waals surface area contributed by atoms with Gasteiger partial charge in [0.2, 0.25) is 10.0 Å². The Morgan fingerprint density at radius 1 is 1.44 bits per heavy atom. The number of nitrogens with zero attached hydrogens (tertiary/aromatic N) is 1. The van der Waals surface area contributed by atoms with Crippen LogP contribution in [0, 0.1) is 5.82 Å². The summed E-state index contributed by atoms with van der Waals surface area (Å²) in [4.78, 5) is -0.0680. The van der Waals surface area contributed by atoms with Gasteiger partial charge in [0.15, 0.2) is 0 Å². The number of aliphatic hydroxyl groups excluding tert-OH is 1. The maximum absolute atomic E-state index is 12.9. The fourth-order valence-corrected chi connectivity index (χ4v) is 3.23. The van der Waals surface area contributed by atoms with Crippen molar-refractivity contribution in [3.63, 3.8) is 0 Å². The summed E-state index contributed by atoms with van der Waals surface area (Å²) in [6, 6.07) is 4.88. The third-order valence-corrected chi connectivity index (χ3v) is 4.42. The first-order valence-electron chi connectivity index (χ1n) is 4.94. The number of β-amino-alcohol motifs (C(OH)–C–C–N with tert-alkyl or cyclic N) is 1. The van der Waals surface area contributed by atoms with Gasteiger partial charge in [0.1, 0.15) is 5.82 Å². The highest BCUT2D eigenvalue weighted by Gasteiger charge is 2.31. The van der Waals surface area contributed by atoms with Gasteiger partial charge in [-0.2, -0.15) is 4.31 Å².